The van der Waals surface area contributed by atoms with Gasteiger partial charge in [0.1, 0.15) is 11.2 Å². The quantitative estimate of drug-likeness (QED) is 0.771. The largest absolute Gasteiger partial charge is 0.504 e. The lowest BCUT2D eigenvalue weighted by molar-refractivity contribution is 0.0934. The van der Waals surface area contributed by atoms with Crippen LogP contribution in [0.25, 0.3) is 0 Å². The van der Waals surface area contributed by atoms with E-state index in [1.54, 1.807) is 23.5 Å². The number of rotatable bonds is 3. The van der Waals surface area contributed by atoms with Crippen molar-refractivity contribution < 1.29 is 14.6 Å². The van der Waals surface area contributed by atoms with Crippen molar-refractivity contribution in [3.63, 3.8) is 0 Å². The maximum absolute atomic E-state index is 12.8. The van der Waals surface area contributed by atoms with Crippen molar-refractivity contribution in [2.75, 3.05) is 19.0 Å². The van der Waals surface area contributed by atoms with Gasteiger partial charge in [-0.25, -0.2) is 0 Å². The molecule has 1 amide bonds. The minimum atomic E-state index is -0.367. The summed E-state index contributed by atoms with van der Waals surface area (Å²) in [5.74, 6) is 0.427. The summed E-state index contributed by atoms with van der Waals surface area (Å²) in [4.78, 5) is 16.5. The van der Waals surface area contributed by atoms with Crippen LogP contribution in [0.3, 0.4) is 0 Å². The zero-order valence-corrected chi connectivity index (χ0v) is 15.9. The summed E-state index contributed by atoms with van der Waals surface area (Å²) >= 11 is 1.67. The fourth-order valence-electron chi connectivity index (χ4n) is 3.63. The van der Waals surface area contributed by atoms with Gasteiger partial charge in [0.15, 0.2) is 11.5 Å². The normalized spacial score (nSPS) is 19.5. The lowest BCUT2D eigenvalue weighted by Crippen LogP contribution is -2.39. The molecule has 3 N–H and O–H groups in total. The standard InChI is InChI=1S/C19H23N3O3S/c1-10(2)22-7-6-12-15(9-22)26-19-16(12)18(24)20-17(21-19)11-4-5-14(25-3)13(23)8-11/h4-5,8,10,17,21,23H,6-7,9H2,1-3H3,(H,20,24)/t17-/m0/s1. The summed E-state index contributed by atoms with van der Waals surface area (Å²) in [7, 11) is 1.51. The average molecular weight is 373 g/mol. The van der Waals surface area contributed by atoms with E-state index in [4.69, 9.17) is 4.74 Å². The first-order chi connectivity index (χ1) is 12.5. The number of nitrogens with zero attached hydrogens (tertiary/aromatic N) is 1. The molecule has 0 radical (unpaired) electrons. The van der Waals surface area contributed by atoms with Gasteiger partial charge < -0.3 is 20.5 Å². The van der Waals surface area contributed by atoms with E-state index in [9.17, 15) is 9.90 Å². The lowest BCUT2D eigenvalue weighted by atomic mass is 9.99. The molecule has 4 rings (SSSR count). The number of carbonyl (C=O) groups is 1. The molecule has 2 aliphatic rings. The number of nitrogens with one attached hydrogen (secondary N) is 2. The fourth-order valence-corrected chi connectivity index (χ4v) is 4.93. The Morgan fingerprint density at radius 1 is 1.35 bits per heavy atom. The third-order valence-corrected chi connectivity index (χ3v) is 6.28. The number of amides is 1. The van der Waals surface area contributed by atoms with E-state index in [-0.39, 0.29) is 17.8 Å². The van der Waals surface area contributed by atoms with Gasteiger partial charge in [-0.3, -0.25) is 9.69 Å². The van der Waals surface area contributed by atoms with Crippen molar-refractivity contribution in [2.24, 2.45) is 0 Å². The van der Waals surface area contributed by atoms with E-state index < -0.39 is 0 Å². The SMILES string of the molecule is COc1ccc([C@H]2NC(=O)c3c(sc4c3CCN(C(C)C)C4)N2)cc1O. The number of benzene rings is 1. The maximum atomic E-state index is 12.8. The van der Waals surface area contributed by atoms with E-state index >= 15 is 0 Å². The van der Waals surface area contributed by atoms with E-state index in [2.05, 4.69) is 29.4 Å². The monoisotopic (exact) mass is 373 g/mol. The van der Waals surface area contributed by atoms with Crippen LogP contribution in [0.5, 0.6) is 11.5 Å². The predicted octanol–water partition coefficient (Wildman–Crippen LogP) is 3.08. The Morgan fingerprint density at radius 2 is 2.15 bits per heavy atom. The summed E-state index contributed by atoms with van der Waals surface area (Å²) in [5.41, 5.74) is 2.77. The Bertz CT molecular complexity index is 862. The van der Waals surface area contributed by atoms with Crippen molar-refractivity contribution >= 4 is 22.2 Å². The second kappa shape index (κ2) is 6.48. The number of phenolic OH excluding ortho intramolecular Hbond substituents is 1. The average Bonchev–Trinajstić information content (AvgIpc) is 2.99. The molecule has 0 saturated heterocycles. The molecule has 26 heavy (non-hydrogen) atoms. The van der Waals surface area contributed by atoms with Crippen LogP contribution >= 0.6 is 11.3 Å². The van der Waals surface area contributed by atoms with Crippen molar-refractivity contribution in [1.29, 1.82) is 0 Å². The molecule has 0 aliphatic carbocycles. The van der Waals surface area contributed by atoms with Gasteiger partial charge >= 0.3 is 0 Å². The second-order valence-electron chi connectivity index (χ2n) is 7.00. The highest BCUT2D eigenvalue weighted by atomic mass is 32.1. The van der Waals surface area contributed by atoms with E-state index in [1.165, 1.54) is 17.6 Å². The number of hydrogen-bond donors (Lipinski definition) is 3. The lowest BCUT2D eigenvalue weighted by Gasteiger charge is -2.31. The zero-order chi connectivity index (χ0) is 18.4. The number of fused-ring (bicyclic) bond motifs is 3. The summed E-state index contributed by atoms with van der Waals surface area (Å²) in [6.07, 6.45) is 0.538. The molecular weight excluding hydrogens is 350 g/mol. The van der Waals surface area contributed by atoms with Crippen LogP contribution in [0.4, 0.5) is 5.00 Å². The van der Waals surface area contributed by atoms with E-state index in [0.29, 0.717) is 11.8 Å². The van der Waals surface area contributed by atoms with Crippen LogP contribution in [-0.4, -0.2) is 35.6 Å². The molecule has 2 aromatic rings. The molecule has 0 saturated carbocycles. The molecule has 6 nitrogen and oxygen atoms in total. The minimum absolute atomic E-state index is 0.0467. The van der Waals surface area contributed by atoms with Gasteiger partial charge in [0.25, 0.3) is 5.91 Å². The first-order valence-electron chi connectivity index (χ1n) is 8.80. The predicted molar refractivity (Wildman–Crippen MR) is 102 cm³/mol. The molecule has 0 bridgehead atoms. The van der Waals surface area contributed by atoms with Gasteiger partial charge in [0, 0.05) is 24.0 Å². The van der Waals surface area contributed by atoms with Crippen LogP contribution < -0.4 is 15.4 Å². The molecule has 3 heterocycles. The van der Waals surface area contributed by atoms with Gasteiger partial charge in [-0.1, -0.05) is 6.07 Å². The molecule has 0 spiro atoms. The fraction of sp³-hybridized carbons (Fsp3) is 0.421. The number of ether oxygens (including phenoxy) is 1. The van der Waals surface area contributed by atoms with Crippen LogP contribution in [0.1, 0.15) is 46.4 Å². The van der Waals surface area contributed by atoms with Crippen LogP contribution in [0.2, 0.25) is 0 Å². The van der Waals surface area contributed by atoms with E-state index in [0.717, 1.165) is 35.6 Å². The Balaban J connectivity index is 1.63. The Hall–Kier alpha value is -2.25. The Morgan fingerprint density at radius 3 is 2.85 bits per heavy atom. The molecule has 2 aliphatic heterocycles. The number of hydrogen-bond acceptors (Lipinski definition) is 6. The number of thiophene rings is 1. The van der Waals surface area contributed by atoms with Crippen molar-refractivity contribution in [2.45, 2.75) is 39.0 Å². The summed E-state index contributed by atoms with van der Waals surface area (Å²) in [6.45, 7) is 6.29. The smallest absolute Gasteiger partial charge is 0.256 e. The molecule has 0 unspecified atom stereocenters. The number of carbonyl (C=O) groups excluding carboxylic acids is 1. The zero-order valence-electron chi connectivity index (χ0n) is 15.1. The maximum Gasteiger partial charge on any atom is 0.256 e. The molecule has 1 aromatic carbocycles. The van der Waals surface area contributed by atoms with Crippen LogP contribution in [-0.2, 0) is 13.0 Å². The molecular formula is C19H23N3O3S. The third-order valence-electron chi connectivity index (χ3n) is 5.13. The first kappa shape index (κ1) is 17.2. The topological polar surface area (TPSA) is 73.8 Å². The van der Waals surface area contributed by atoms with Gasteiger partial charge in [0.05, 0.1) is 12.7 Å². The van der Waals surface area contributed by atoms with Gasteiger partial charge in [0.2, 0.25) is 0 Å². The molecule has 0 fully saturated rings. The van der Waals surface area contributed by atoms with Gasteiger partial charge in [-0.15, -0.1) is 11.3 Å². The Labute approximate surface area is 156 Å². The number of phenols is 1. The first-order valence-corrected chi connectivity index (χ1v) is 9.62. The van der Waals surface area contributed by atoms with Crippen molar-refractivity contribution in [1.82, 2.24) is 10.2 Å². The second-order valence-corrected chi connectivity index (χ2v) is 8.11. The van der Waals surface area contributed by atoms with Gasteiger partial charge in [-0.2, -0.15) is 0 Å². The van der Waals surface area contributed by atoms with Crippen LogP contribution in [0, 0.1) is 0 Å². The molecule has 1 atom stereocenters. The molecule has 1 aromatic heterocycles. The minimum Gasteiger partial charge on any atom is -0.504 e. The third kappa shape index (κ3) is 2.81. The highest BCUT2D eigenvalue weighted by Gasteiger charge is 2.33. The molecule has 138 valence electrons. The van der Waals surface area contributed by atoms with Crippen LogP contribution in [0.15, 0.2) is 18.2 Å². The van der Waals surface area contributed by atoms with Crippen molar-refractivity contribution in [3.8, 4) is 11.5 Å². The summed E-state index contributed by atoms with van der Waals surface area (Å²) < 4.78 is 5.09. The number of anilines is 1. The number of aromatic hydroxyl groups is 1. The van der Waals surface area contributed by atoms with Gasteiger partial charge in [-0.05, 0) is 43.5 Å². The summed E-state index contributed by atoms with van der Waals surface area (Å²) in [6, 6.07) is 5.67. The molecule has 7 heteroatoms. The Kier molecular flexibility index (Phi) is 4.28. The van der Waals surface area contributed by atoms with E-state index in [1.807, 2.05) is 6.07 Å². The van der Waals surface area contributed by atoms with Crippen molar-refractivity contribution in [3.05, 3.63) is 39.8 Å². The highest BCUT2D eigenvalue weighted by molar-refractivity contribution is 7.16. The number of methoxy groups -OCH3 is 1. The summed E-state index contributed by atoms with van der Waals surface area (Å²) in [5, 5.41) is 17.4. The highest BCUT2D eigenvalue weighted by Crippen LogP contribution is 2.41.